The Morgan fingerprint density at radius 2 is 1.76 bits per heavy atom. The van der Waals surface area contributed by atoms with Gasteiger partial charge in [-0.3, -0.25) is 4.79 Å². The number of amides is 1. The highest BCUT2D eigenvalue weighted by molar-refractivity contribution is 5.92. The number of hydrogen-bond donors (Lipinski definition) is 1. The summed E-state index contributed by atoms with van der Waals surface area (Å²) in [6.07, 6.45) is 0. The van der Waals surface area contributed by atoms with Crippen LogP contribution >= 0.6 is 0 Å². The Morgan fingerprint density at radius 3 is 2.38 bits per heavy atom. The molecule has 0 aliphatic carbocycles. The van der Waals surface area contributed by atoms with E-state index in [4.69, 9.17) is 10.5 Å². The summed E-state index contributed by atoms with van der Waals surface area (Å²) in [5, 5.41) is 0. The van der Waals surface area contributed by atoms with Crippen LogP contribution in [0.1, 0.15) is 26.3 Å². The van der Waals surface area contributed by atoms with Crippen molar-refractivity contribution in [2.45, 2.75) is 6.61 Å². The van der Waals surface area contributed by atoms with E-state index in [9.17, 15) is 9.59 Å². The smallest absolute Gasteiger partial charge is 0.337 e. The van der Waals surface area contributed by atoms with Crippen molar-refractivity contribution < 1.29 is 19.1 Å². The number of rotatable bonds is 5. The second-order valence-corrected chi connectivity index (χ2v) is 4.37. The molecule has 0 heterocycles. The minimum atomic E-state index is -0.465. The van der Waals surface area contributed by atoms with Gasteiger partial charge in [-0.25, -0.2) is 4.79 Å². The molecule has 0 fully saturated rings. The Labute approximate surface area is 122 Å². The summed E-state index contributed by atoms with van der Waals surface area (Å²) >= 11 is 0. The summed E-state index contributed by atoms with van der Waals surface area (Å²) in [4.78, 5) is 22.4. The molecule has 0 atom stereocenters. The normalized spacial score (nSPS) is 9.95. The zero-order valence-corrected chi connectivity index (χ0v) is 11.5. The van der Waals surface area contributed by atoms with Gasteiger partial charge in [-0.2, -0.15) is 0 Å². The monoisotopic (exact) mass is 285 g/mol. The fraction of sp³-hybridized carbons (Fsp3) is 0.125. The molecule has 0 aliphatic heterocycles. The number of methoxy groups -OCH3 is 1. The van der Waals surface area contributed by atoms with Gasteiger partial charge in [0, 0.05) is 5.56 Å². The first kappa shape index (κ1) is 14.6. The van der Waals surface area contributed by atoms with Crippen LogP contribution in [0.25, 0.3) is 0 Å². The van der Waals surface area contributed by atoms with E-state index >= 15 is 0 Å². The largest absolute Gasteiger partial charge is 0.489 e. The third-order valence-corrected chi connectivity index (χ3v) is 2.90. The molecule has 0 radical (unpaired) electrons. The fourth-order valence-electron chi connectivity index (χ4n) is 1.76. The van der Waals surface area contributed by atoms with Gasteiger partial charge in [0.15, 0.2) is 0 Å². The molecule has 0 saturated heterocycles. The average Bonchev–Trinajstić information content (AvgIpc) is 2.52. The number of nitrogens with two attached hydrogens (primary N) is 1. The molecule has 0 saturated carbocycles. The van der Waals surface area contributed by atoms with Gasteiger partial charge in [-0.1, -0.05) is 18.2 Å². The molecule has 1 amide bonds. The Morgan fingerprint density at radius 1 is 1.05 bits per heavy atom. The number of esters is 1. The highest BCUT2D eigenvalue weighted by Gasteiger charge is 2.06. The molecule has 108 valence electrons. The van der Waals surface area contributed by atoms with Crippen molar-refractivity contribution in [2.24, 2.45) is 5.73 Å². The van der Waals surface area contributed by atoms with Gasteiger partial charge in [0.05, 0.1) is 12.7 Å². The third kappa shape index (κ3) is 3.82. The van der Waals surface area contributed by atoms with Gasteiger partial charge in [0.2, 0.25) is 5.91 Å². The number of benzene rings is 2. The van der Waals surface area contributed by atoms with Crippen LogP contribution in [-0.2, 0) is 11.3 Å². The minimum absolute atomic E-state index is 0.323. The fourth-order valence-corrected chi connectivity index (χ4v) is 1.76. The van der Waals surface area contributed by atoms with E-state index in [0.29, 0.717) is 23.5 Å². The Kier molecular flexibility index (Phi) is 4.56. The Bertz CT molecular complexity index is 650. The van der Waals surface area contributed by atoms with E-state index in [2.05, 4.69) is 4.74 Å². The van der Waals surface area contributed by atoms with Crippen LogP contribution in [0.5, 0.6) is 5.75 Å². The summed E-state index contributed by atoms with van der Waals surface area (Å²) in [5.74, 6) is -0.309. The molecule has 0 spiro atoms. The molecular weight excluding hydrogens is 270 g/mol. The maximum absolute atomic E-state index is 11.4. The van der Waals surface area contributed by atoms with Crippen molar-refractivity contribution in [2.75, 3.05) is 7.11 Å². The standard InChI is InChI=1S/C16H15NO4/c1-20-16(19)13-3-2-4-14(9-13)21-10-11-5-7-12(8-6-11)15(17)18/h2-9H,10H2,1H3,(H2,17,18). The lowest BCUT2D eigenvalue weighted by molar-refractivity contribution is 0.0600. The lowest BCUT2D eigenvalue weighted by atomic mass is 10.1. The van der Waals surface area contributed by atoms with Gasteiger partial charge in [0.1, 0.15) is 12.4 Å². The van der Waals surface area contributed by atoms with Crippen LogP contribution in [0.3, 0.4) is 0 Å². The number of carbonyl (C=O) groups excluding carboxylic acids is 2. The van der Waals surface area contributed by atoms with Gasteiger partial charge in [-0.05, 0) is 35.9 Å². The summed E-state index contributed by atoms with van der Waals surface area (Å²) in [5.41, 5.74) is 6.95. The molecule has 2 N–H and O–H groups in total. The number of ether oxygens (including phenoxy) is 2. The maximum atomic E-state index is 11.4. The van der Waals surface area contributed by atoms with Crippen molar-refractivity contribution in [3.63, 3.8) is 0 Å². The van der Waals surface area contributed by atoms with Crippen LogP contribution in [0.4, 0.5) is 0 Å². The molecule has 21 heavy (non-hydrogen) atoms. The maximum Gasteiger partial charge on any atom is 0.337 e. The lowest BCUT2D eigenvalue weighted by Crippen LogP contribution is -2.10. The summed E-state index contributed by atoms with van der Waals surface area (Å²) < 4.78 is 10.3. The quantitative estimate of drug-likeness (QED) is 0.854. The van der Waals surface area contributed by atoms with E-state index in [1.165, 1.54) is 7.11 Å². The zero-order valence-electron chi connectivity index (χ0n) is 11.5. The molecule has 0 aromatic heterocycles. The lowest BCUT2D eigenvalue weighted by Gasteiger charge is -2.08. The predicted molar refractivity (Wildman–Crippen MR) is 77.1 cm³/mol. The first-order valence-corrected chi connectivity index (χ1v) is 6.30. The topological polar surface area (TPSA) is 78.6 Å². The van der Waals surface area contributed by atoms with Crippen molar-refractivity contribution in [1.29, 1.82) is 0 Å². The third-order valence-electron chi connectivity index (χ3n) is 2.90. The van der Waals surface area contributed by atoms with Crippen molar-refractivity contribution in [3.8, 4) is 5.75 Å². The SMILES string of the molecule is COC(=O)c1cccc(OCc2ccc(C(N)=O)cc2)c1. The molecule has 2 rings (SSSR count). The molecule has 5 heteroatoms. The van der Waals surface area contributed by atoms with Crippen LogP contribution in [0.15, 0.2) is 48.5 Å². The highest BCUT2D eigenvalue weighted by Crippen LogP contribution is 2.16. The van der Waals surface area contributed by atoms with Crippen LogP contribution in [0.2, 0.25) is 0 Å². The molecule has 0 unspecified atom stereocenters. The minimum Gasteiger partial charge on any atom is -0.489 e. The van der Waals surface area contributed by atoms with Crippen molar-refractivity contribution >= 4 is 11.9 Å². The molecule has 2 aromatic rings. The summed E-state index contributed by atoms with van der Waals surface area (Å²) in [6.45, 7) is 0.323. The van der Waals surface area contributed by atoms with E-state index in [1.807, 2.05) is 0 Å². The van der Waals surface area contributed by atoms with Crippen LogP contribution in [0, 0.1) is 0 Å². The molecular formula is C16H15NO4. The molecule has 5 nitrogen and oxygen atoms in total. The summed E-state index contributed by atoms with van der Waals surface area (Å²) in [6, 6.07) is 13.6. The first-order valence-electron chi connectivity index (χ1n) is 6.30. The Balaban J connectivity index is 2.02. The second kappa shape index (κ2) is 6.56. The van der Waals surface area contributed by atoms with E-state index < -0.39 is 11.9 Å². The van der Waals surface area contributed by atoms with Crippen molar-refractivity contribution in [3.05, 3.63) is 65.2 Å². The first-order chi connectivity index (χ1) is 10.1. The second-order valence-electron chi connectivity index (χ2n) is 4.37. The van der Waals surface area contributed by atoms with Gasteiger partial charge >= 0.3 is 5.97 Å². The average molecular weight is 285 g/mol. The number of carbonyl (C=O) groups is 2. The van der Waals surface area contributed by atoms with Crippen molar-refractivity contribution in [1.82, 2.24) is 0 Å². The van der Waals surface area contributed by atoms with Gasteiger partial charge < -0.3 is 15.2 Å². The summed E-state index contributed by atoms with van der Waals surface area (Å²) in [7, 11) is 1.33. The van der Waals surface area contributed by atoms with Crippen LogP contribution < -0.4 is 10.5 Å². The van der Waals surface area contributed by atoms with E-state index in [0.717, 1.165) is 5.56 Å². The number of primary amides is 1. The number of hydrogen-bond acceptors (Lipinski definition) is 4. The van der Waals surface area contributed by atoms with E-state index in [1.54, 1.807) is 48.5 Å². The highest BCUT2D eigenvalue weighted by atomic mass is 16.5. The molecule has 2 aromatic carbocycles. The Hall–Kier alpha value is -2.82. The zero-order chi connectivity index (χ0) is 15.2. The van der Waals surface area contributed by atoms with Crippen LogP contribution in [-0.4, -0.2) is 19.0 Å². The van der Waals surface area contributed by atoms with E-state index in [-0.39, 0.29) is 0 Å². The predicted octanol–water partition coefficient (Wildman–Crippen LogP) is 2.15. The molecule has 0 bridgehead atoms. The van der Waals surface area contributed by atoms with Gasteiger partial charge in [-0.15, -0.1) is 0 Å². The van der Waals surface area contributed by atoms with Gasteiger partial charge in [0.25, 0.3) is 0 Å². The molecule has 0 aliphatic rings.